The molecule has 0 aliphatic rings. The van der Waals surface area contributed by atoms with Gasteiger partial charge in [-0.3, -0.25) is 5.10 Å². The van der Waals surface area contributed by atoms with Gasteiger partial charge >= 0.3 is 0 Å². The number of nitrogens with one attached hydrogen (secondary N) is 1. The Morgan fingerprint density at radius 3 is 2.50 bits per heavy atom. The van der Waals surface area contributed by atoms with Gasteiger partial charge in [-0.05, 0) is 48.7 Å². The van der Waals surface area contributed by atoms with E-state index in [1.807, 2.05) is 26.0 Å². The molecule has 0 radical (unpaired) electrons. The van der Waals surface area contributed by atoms with Gasteiger partial charge in [0.05, 0.1) is 6.20 Å². The molecular weight excluding hydrogens is 299 g/mol. The molecule has 0 saturated heterocycles. The Morgan fingerprint density at radius 2 is 1.80 bits per heavy atom. The van der Waals surface area contributed by atoms with Crippen LogP contribution < -0.4 is 4.74 Å². The van der Waals surface area contributed by atoms with Crippen molar-refractivity contribution in [2.45, 2.75) is 13.8 Å². The third kappa shape index (κ3) is 2.30. The summed E-state index contributed by atoms with van der Waals surface area (Å²) in [6.07, 6.45) is 1.60. The van der Waals surface area contributed by atoms with Crippen molar-refractivity contribution in [2.75, 3.05) is 0 Å². The molecule has 3 rings (SSSR count). The molecule has 0 amide bonds. The van der Waals surface area contributed by atoms with Gasteiger partial charge in [0.1, 0.15) is 11.1 Å². The maximum Gasteiger partial charge on any atom is 0.234 e. The fraction of sp³-hybridized carbons (Fsp3) is 0.154. The molecule has 5 nitrogen and oxygen atoms in total. The van der Waals surface area contributed by atoms with Crippen LogP contribution in [0.15, 0.2) is 18.3 Å². The maximum absolute atomic E-state index is 6.01. The molecule has 3 aromatic rings. The second-order valence-corrected chi connectivity index (χ2v) is 5.18. The Morgan fingerprint density at radius 1 is 1.10 bits per heavy atom. The van der Waals surface area contributed by atoms with Crippen LogP contribution in [0.2, 0.25) is 10.3 Å². The van der Waals surface area contributed by atoms with Gasteiger partial charge in [-0.1, -0.05) is 11.6 Å². The van der Waals surface area contributed by atoms with Crippen molar-refractivity contribution in [2.24, 2.45) is 0 Å². The number of ether oxygens (including phenoxy) is 1. The average molecular weight is 309 g/mol. The van der Waals surface area contributed by atoms with Gasteiger partial charge < -0.3 is 4.74 Å². The first-order chi connectivity index (χ1) is 9.54. The van der Waals surface area contributed by atoms with Crippen molar-refractivity contribution in [3.63, 3.8) is 0 Å². The number of hydrogen-bond acceptors (Lipinski definition) is 4. The number of H-pyrrole nitrogens is 1. The van der Waals surface area contributed by atoms with Crippen LogP contribution in [0.4, 0.5) is 0 Å². The van der Waals surface area contributed by atoms with Crippen molar-refractivity contribution in [1.29, 1.82) is 0 Å². The molecule has 1 aromatic carbocycles. The van der Waals surface area contributed by atoms with Crippen LogP contribution in [0.5, 0.6) is 11.6 Å². The number of fused-ring (bicyclic) bond motifs is 1. The Bertz CT molecular complexity index is 777. The lowest BCUT2D eigenvalue weighted by Crippen LogP contribution is -1.95. The van der Waals surface area contributed by atoms with E-state index in [-0.39, 0.29) is 5.28 Å². The van der Waals surface area contributed by atoms with E-state index in [1.54, 1.807) is 6.20 Å². The van der Waals surface area contributed by atoms with Crippen LogP contribution >= 0.6 is 23.2 Å². The third-order valence-electron chi connectivity index (χ3n) is 2.87. The van der Waals surface area contributed by atoms with Gasteiger partial charge in [-0.2, -0.15) is 15.1 Å². The molecule has 102 valence electrons. The summed E-state index contributed by atoms with van der Waals surface area (Å²) in [6, 6.07) is 3.67. The van der Waals surface area contributed by atoms with Crippen molar-refractivity contribution in [1.82, 2.24) is 20.2 Å². The molecule has 0 atom stereocenters. The number of halogens is 2. The Hall–Kier alpha value is -1.85. The highest BCUT2D eigenvalue weighted by Crippen LogP contribution is 2.33. The van der Waals surface area contributed by atoms with Gasteiger partial charge in [0.15, 0.2) is 5.65 Å². The minimum atomic E-state index is 0.0982. The van der Waals surface area contributed by atoms with Gasteiger partial charge in [-0.15, -0.1) is 0 Å². The lowest BCUT2D eigenvalue weighted by molar-refractivity contribution is 0.461. The standard InChI is InChI=1S/C13H10Cl2N4O/c1-6-3-8(14)4-7(2)10(6)20-12-9-5-16-19-11(9)17-13(15)18-12/h3-5H,1-2H3,(H,16,17,18,19). The molecule has 0 saturated carbocycles. The van der Waals surface area contributed by atoms with Crippen LogP contribution in [-0.4, -0.2) is 20.2 Å². The van der Waals surface area contributed by atoms with Crippen LogP contribution in [-0.2, 0) is 0 Å². The first kappa shape index (κ1) is 13.1. The predicted octanol–water partition coefficient (Wildman–Crippen LogP) is 4.07. The summed E-state index contributed by atoms with van der Waals surface area (Å²) in [5, 5.41) is 8.09. The summed E-state index contributed by atoms with van der Waals surface area (Å²) in [7, 11) is 0. The third-order valence-corrected chi connectivity index (χ3v) is 3.26. The van der Waals surface area contributed by atoms with Gasteiger partial charge in [0.25, 0.3) is 0 Å². The molecule has 7 heteroatoms. The largest absolute Gasteiger partial charge is 0.438 e. The number of nitrogens with zero attached hydrogens (tertiary/aromatic N) is 3. The van der Waals surface area contributed by atoms with Gasteiger partial charge in [0, 0.05) is 5.02 Å². The Labute approximate surface area is 124 Å². The summed E-state index contributed by atoms with van der Waals surface area (Å²) in [4.78, 5) is 8.14. The quantitative estimate of drug-likeness (QED) is 0.725. The number of hydrogen-bond donors (Lipinski definition) is 1. The summed E-state index contributed by atoms with van der Waals surface area (Å²) in [6.45, 7) is 3.84. The summed E-state index contributed by atoms with van der Waals surface area (Å²) >= 11 is 11.9. The minimum Gasteiger partial charge on any atom is -0.438 e. The number of aromatic amines is 1. The topological polar surface area (TPSA) is 63.7 Å². The van der Waals surface area contributed by atoms with Crippen molar-refractivity contribution in [3.05, 3.63) is 39.8 Å². The van der Waals surface area contributed by atoms with E-state index >= 15 is 0 Å². The fourth-order valence-electron chi connectivity index (χ4n) is 2.02. The lowest BCUT2D eigenvalue weighted by Gasteiger charge is -2.12. The van der Waals surface area contributed by atoms with Crippen LogP contribution in [0.3, 0.4) is 0 Å². The van der Waals surface area contributed by atoms with E-state index in [4.69, 9.17) is 27.9 Å². The average Bonchev–Trinajstić information content (AvgIpc) is 2.81. The molecule has 2 heterocycles. The van der Waals surface area contributed by atoms with Gasteiger partial charge in [0.2, 0.25) is 11.2 Å². The summed E-state index contributed by atoms with van der Waals surface area (Å²) < 4.78 is 5.89. The Balaban J connectivity index is 2.12. The first-order valence-electron chi connectivity index (χ1n) is 5.86. The van der Waals surface area contributed by atoms with E-state index in [2.05, 4.69) is 20.2 Å². The normalized spacial score (nSPS) is 11.0. The SMILES string of the molecule is Cc1cc(Cl)cc(C)c1Oc1nc(Cl)nc2[nH]ncc12. The molecule has 0 aliphatic heterocycles. The number of aryl methyl sites for hydroxylation is 2. The maximum atomic E-state index is 6.01. The highest BCUT2D eigenvalue weighted by Gasteiger charge is 2.13. The fourth-order valence-corrected chi connectivity index (χ4v) is 2.50. The minimum absolute atomic E-state index is 0.0982. The second-order valence-electron chi connectivity index (χ2n) is 4.40. The van der Waals surface area contributed by atoms with E-state index in [9.17, 15) is 0 Å². The zero-order valence-corrected chi connectivity index (χ0v) is 12.2. The number of benzene rings is 1. The van der Waals surface area contributed by atoms with E-state index < -0.39 is 0 Å². The molecule has 2 aromatic heterocycles. The predicted molar refractivity (Wildman–Crippen MR) is 77.7 cm³/mol. The molecule has 0 spiro atoms. The number of rotatable bonds is 2. The van der Waals surface area contributed by atoms with Gasteiger partial charge in [-0.25, -0.2) is 0 Å². The smallest absolute Gasteiger partial charge is 0.234 e. The highest BCUT2D eigenvalue weighted by atomic mass is 35.5. The summed E-state index contributed by atoms with van der Waals surface area (Å²) in [5.74, 6) is 1.06. The van der Waals surface area contributed by atoms with Crippen LogP contribution in [0.1, 0.15) is 11.1 Å². The zero-order chi connectivity index (χ0) is 14.3. The van der Waals surface area contributed by atoms with Crippen molar-refractivity contribution < 1.29 is 4.74 Å². The molecule has 20 heavy (non-hydrogen) atoms. The van der Waals surface area contributed by atoms with E-state index in [0.717, 1.165) is 11.1 Å². The molecule has 0 bridgehead atoms. The lowest BCUT2D eigenvalue weighted by atomic mass is 10.1. The molecule has 0 fully saturated rings. The molecule has 0 unspecified atom stereocenters. The van der Waals surface area contributed by atoms with Crippen molar-refractivity contribution >= 4 is 34.2 Å². The van der Waals surface area contributed by atoms with E-state index in [1.165, 1.54) is 0 Å². The number of aromatic nitrogens is 4. The highest BCUT2D eigenvalue weighted by molar-refractivity contribution is 6.30. The van der Waals surface area contributed by atoms with Crippen molar-refractivity contribution in [3.8, 4) is 11.6 Å². The first-order valence-corrected chi connectivity index (χ1v) is 6.61. The monoisotopic (exact) mass is 308 g/mol. The Kier molecular flexibility index (Phi) is 3.23. The molecule has 1 N–H and O–H groups in total. The molecule has 0 aliphatic carbocycles. The molecular formula is C13H10Cl2N4O. The summed E-state index contributed by atoms with van der Waals surface area (Å²) in [5.41, 5.74) is 2.37. The van der Waals surface area contributed by atoms with Crippen LogP contribution in [0.25, 0.3) is 11.0 Å². The zero-order valence-electron chi connectivity index (χ0n) is 10.7. The second kappa shape index (κ2) is 4.92. The van der Waals surface area contributed by atoms with Crippen LogP contribution in [0, 0.1) is 13.8 Å². The van der Waals surface area contributed by atoms with E-state index in [0.29, 0.717) is 27.7 Å².